The quantitative estimate of drug-likeness (QED) is 0.327. The van der Waals surface area contributed by atoms with Crippen LogP contribution in [0, 0.1) is 0 Å². The van der Waals surface area contributed by atoms with Gasteiger partial charge in [-0.1, -0.05) is 28.0 Å². The van der Waals surface area contributed by atoms with Crippen LogP contribution in [-0.4, -0.2) is 23.4 Å². The molecule has 1 atom stereocenters. The molecule has 0 bridgehead atoms. The number of nitrogens with zero attached hydrogens (tertiary/aromatic N) is 1. The zero-order chi connectivity index (χ0) is 15.3. The second-order valence-electron chi connectivity index (χ2n) is 3.82. The van der Waals surface area contributed by atoms with Crippen LogP contribution in [0.1, 0.15) is 13.3 Å². The summed E-state index contributed by atoms with van der Waals surface area (Å²) < 4.78 is 41.4. The van der Waals surface area contributed by atoms with Crippen LogP contribution in [0.5, 0.6) is 5.75 Å². The van der Waals surface area contributed by atoms with Crippen molar-refractivity contribution in [3.63, 3.8) is 0 Å². The lowest BCUT2D eigenvalue weighted by Crippen LogP contribution is -2.35. The summed E-state index contributed by atoms with van der Waals surface area (Å²) in [7, 11) is 0. The van der Waals surface area contributed by atoms with Gasteiger partial charge < -0.3 is 21.0 Å². The molecule has 4 N–H and O–H groups in total. The average molecular weight is 356 g/mol. The maximum atomic E-state index is 12.3. The van der Waals surface area contributed by atoms with Gasteiger partial charge in [0.25, 0.3) is 0 Å². The molecule has 0 heterocycles. The number of amidine groups is 1. The monoisotopic (exact) mass is 355 g/mol. The lowest BCUT2D eigenvalue weighted by molar-refractivity contribution is -0.274. The molecule has 20 heavy (non-hydrogen) atoms. The molecule has 0 aliphatic carbocycles. The molecule has 0 fully saturated rings. The molecule has 1 rings (SSSR count). The second kappa shape index (κ2) is 6.69. The number of benzene rings is 1. The zero-order valence-electron chi connectivity index (χ0n) is 10.4. The van der Waals surface area contributed by atoms with E-state index in [0.717, 1.165) is 0 Å². The van der Waals surface area contributed by atoms with Crippen molar-refractivity contribution in [3.8, 4) is 5.75 Å². The van der Waals surface area contributed by atoms with Crippen LogP contribution in [0.2, 0.25) is 0 Å². The first kappa shape index (κ1) is 16.4. The van der Waals surface area contributed by atoms with E-state index in [4.69, 9.17) is 10.9 Å². The SMILES string of the molecule is CCC(Nc1ccc(Br)cc1OC(F)(F)F)/C(N)=N/O. The van der Waals surface area contributed by atoms with Crippen molar-refractivity contribution in [3.05, 3.63) is 22.7 Å². The Morgan fingerprint density at radius 3 is 2.70 bits per heavy atom. The van der Waals surface area contributed by atoms with Gasteiger partial charge in [0.15, 0.2) is 11.6 Å². The Kier molecular flexibility index (Phi) is 5.49. The number of oxime groups is 1. The third-order valence-electron chi connectivity index (χ3n) is 2.38. The first-order valence-electron chi connectivity index (χ1n) is 5.56. The molecule has 9 heteroatoms. The van der Waals surface area contributed by atoms with Gasteiger partial charge >= 0.3 is 6.36 Å². The molecular weight excluding hydrogens is 343 g/mol. The van der Waals surface area contributed by atoms with Crippen LogP contribution in [0.4, 0.5) is 18.9 Å². The van der Waals surface area contributed by atoms with E-state index in [1.807, 2.05) is 0 Å². The maximum Gasteiger partial charge on any atom is 0.573 e. The Morgan fingerprint density at radius 1 is 1.55 bits per heavy atom. The lowest BCUT2D eigenvalue weighted by Gasteiger charge is -2.20. The Balaban J connectivity index is 3.05. The van der Waals surface area contributed by atoms with Gasteiger partial charge in [-0.25, -0.2) is 0 Å². The first-order valence-corrected chi connectivity index (χ1v) is 6.35. The number of rotatable bonds is 5. The molecule has 0 radical (unpaired) electrons. The highest BCUT2D eigenvalue weighted by molar-refractivity contribution is 9.10. The highest BCUT2D eigenvalue weighted by Gasteiger charge is 2.32. The van der Waals surface area contributed by atoms with Crippen LogP contribution in [-0.2, 0) is 0 Å². The van der Waals surface area contributed by atoms with Crippen molar-refractivity contribution in [2.75, 3.05) is 5.32 Å². The summed E-state index contributed by atoms with van der Waals surface area (Å²) in [5.74, 6) is -0.538. The molecule has 112 valence electrons. The lowest BCUT2D eigenvalue weighted by atomic mass is 10.2. The number of alkyl halides is 3. The fourth-order valence-electron chi connectivity index (χ4n) is 1.47. The summed E-state index contributed by atoms with van der Waals surface area (Å²) in [5.41, 5.74) is 5.54. The van der Waals surface area contributed by atoms with E-state index in [1.54, 1.807) is 13.0 Å². The number of hydrogen-bond acceptors (Lipinski definition) is 4. The Morgan fingerprint density at radius 2 is 2.20 bits per heavy atom. The number of nitrogens with two attached hydrogens (primary N) is 1. The summed E-state index contributed by atoms with van der Waals surface area (Å²) in [6, 6.07) is 3.51. The van der Waals surface area contributed by atoms with E-state index >= 15 is 0 Å². The molecule has 1 unspecified atom stereocenters. The summed E-state index contributed by atoms with van der Waals surface area (Å²) in [6.07, 6.45) is -4.40. The first-order chi connectivity index (χ1) is 9.26. The van der Waals surface area contributed by atoms with Gasteiger partial charge in [0.1, 0.15) is 0 Å². The van der Waals surface area contributed by atoms with E-state index in [-0.39, 0.29) is 11.5 Å². The number of halogens is 4. The van der Waals surface area contributed by atoms with Crippen molar-refractivity contribution in [1.82, 2.24) is 0 Å². The van der Waals surface area contributed by atoms with Crippen LogP contribution in [0.3, 0.4) is 0 Å². The predicted octanol–water partition coefficient (Wildman–Crippen LogP) is 3.28. The summed E-state index contributed by atoms with van der Waals surface area (Å²) in [5, 5.41) is 14.2. The van der Waals surface area contributed by atoms with Crippen molar-refractivity contribution in [1.29, 1.82) is 0 Å². The number of ether oxygens (including phenoxy) is 1. The highest BCUT2D eigenvalue weighted by Crippen LogP contribution is 2.33. The van der Waals surface area contributed by atoms with Crippen molar-refractivity contribution in [2.24, 2.45) is 10.9 Å². The molecule has 0 aliphatic rings. The molecule has 1 aromatic carbocycles. The molecule has 0 aromatic heterocycles. The fourth-order valence-corrected chi connectivity index (χ4v) is 1.81. The summed E-state index contributed by atoms with van der Waals surface area (Å²) >= 11 is 3.07. The highest BCUT2D eigenvalue weighted by atomic mass is 79.9. The number of hydrogen-bond donors (Lipinski definition) is 3. The topological polar surface area (TPSA) is 79.9 Å². The molecule has 0 spiro atoms. The van der Waals surface area contributed by atoms with E-state index in [2.05, 4.69) is 31.1 Å². The molecule has 0 aliphatic heterocycles. The Labute approximate surface area is 121 Å². The standard InChI is InChI=1S/C11H13BrF3N3O2/c1-2-7(10(16)18-19)17-8-4-3-6(12)5-9(8)20-11(13,14)15/h3-5,7,17,19H,2H2,1H3,(H2,16,18). The molecule has 0 amide bonds. The normalized spacial score (nSPS) is 13.9. The Hall–Kier alpha value is -1.64. The molecule has 0 saturated heterocycles. The number of anilines is 1. The van der Waals surface area contributed by atoms with Gasteiger partial charge in [-0.2, -0.15) is 0 Å². The molecule has 0 saturated carbocycles. The largest absolute Gasteiger partial charge is 0.573 e. The van der Waals surface area contributed by atoms with Crippen LogP contribution in [0.15, 0.2) is 27.8 Å². The van der Waals surface area contributed by atoms with E-state index in [0.29, 0.717) is 10.9 Å². The minimum atomic E-state index is -4.81. The van der Waals surface area contributed by atoms with Gasteiger partial charge in [-0.3, -0.25) is 0 Å². The van der Waals surface area contributed by atoms with Crippen molar-refractivity contribution in [2.45, 2.75) is 25.7 Å². The summed E-state index contributed by atoms with van der Waals surface area (Å²) in [6.45, 7) is 1.73. The maximum absolute atomic E-state index is 12.3. The van der Waals surface area contributed by atoms with Gasteiger partial charge in [-0.15, -0.1) is 13.2 Å². The predicted molar refractivity (Wildman–Crippen MR) is 71.9 cm³/mol. The third kappa shape index (κ3) is 4.80. The minimum absolute atomic E-state index is 0.0870. The molecular formula is C11H13BrF3N3O2. The van der Waals surface area contributed by atoms with E-state index < -0.39 is 18.2 Å². The van der Waals surface area contributed by atoms with E-state index in [1.165, 1.54) is 12.1 Å². The minimum Gasteiger partial charge on any atom is -0.409 e. The zero-order valence-corrected chi connectivity index (χ0v) is 12.0. The van der Waals surface area contributed by atoms with Crippen molar-refractivity contribution < 1.29 is 23.1 Å². The van der Waals surface area contributed by atoms with Gasteiger partial charge in [0.05, 0.1) is 11.7 Å². The number of nitrogens with one attached hydrogen (secondary N) is 1. The summed E-state index contributed by atoms with van der Waals surface area (Å²) in [4.78, 5) is 0. The molecule has 5 nitrogen and oxygen atoms in total. The van der Waals surface area contributed by atoms with Crippen LogP contribution < -0.4 is 15.8 Å². The van der Waals surface area contributed by atoms with Crippen LogP contribution in [0.25, 0.3) is 0 Å². The Bertz CT molecular complexity index is 494. The van der Waals surface area contributed by atoms with Gasteiger partial charge in [-0.05, 0) is 24.6 Å². The molecule has 1 aromatic rings. The van der Waals surface area contributed by atoms with Crippen LogP contribution >= 0.6 is 15.9 Å². The van der Waals surface area contributed by atoms with E-state index in [9.17, 15) is 13.2 Å². The third-order valence-corrected chi connectivity index (χ3v) is 2.87. The van der Waals surface area contributed by atoms with Gasteiger partial charge in [0, 0.05) is 4.47 Å². The smallest absolute Gasteiger partial charge is 0.409 e. The fraction of sp³-hybridized carbons (Fsp3) is 0.364. The van der Waals surface area contributed by atoms with Crippen molar-refractivity contribution >= 4 is 27.5 Å². The average Bonchev–Trinajstić information content (AvgIpc) is 2.35. The second-order valence-corrected chi connectivity index (χ2v) is 4.73. The van der Waals surface area contributed by atoms with Gasteiger partial charge in [0.2, 0.25) is 0 Å².